The zero-order chi connectivity index (χ0) is 12.9. The summed E-state index contributed by atoms with van der Waals surface area (Å²) >= 11 is 3.38. The molecule has 0 aliphatic carbocycles. The van der Waals surface area contributed by atoms with Crippen molar-refractivity contribution in [3.8, 4) is 5.75 Å². The average molecular weight is 299 g/mol. The SMILES string of the molecule is CC(C)(CCCOc1ccc(Br)cc1)C(=N)N. The third-order valence-electron chi connectivity index (χ3n) is 2.76. The molecule has 0 saturated heterocycles. The van der Waals surface area contributed by atoms with E-state index in [0.717, 1.165) is 23.1 Å². The second-order valence-corrected chi connectivity index (χ2v) is 5.62. The molecule has 0 fully saturated rings. The smallest absolute Gasteiger partial charge is 0.119 e. The first-order valence-corrected chi connectivity index (χ1v) is 6.44. The lowest BCUT2D eigenvalue weighted by Crippen LogP contribution is -2.31. The highest BCUT2D eigenvalue weighted by molar-refractivity contribution is 9.10. The van der Waals surface area contributed by atoms with Crippen LogP contribution in [0.5, 0.6) is 5.75 Å². The Hall–Kier alpha value is -1.03. The minimum atomic E-state index is -0.233. The van der Waals surface area contributed by atoms with Gasteiger partial charge in [0.15, 0.2) is 0 Å². The van der Waals surface area contributed by atoms with Gasteiger partial charge in [-0.3, -0.25) is 5.41 Å². The molecule has 0 saturated carbocycles. The van der Waals surface area contributed by atoms with Gasteiger partial charge in [-0.05, 0) is 37.1 Å². The zero-order valence-corrected chi connectivity index (χ0v) is 11.9. The molecule has 1 rings (SSSR count). The van der Waals surface area contributed by atoms with Gasteiger partial charge in [0, 0.05) is 9.89 Å². The van der Waals surface area contributed by atoms with Gasteiger partial charge in [0.05, 0.1) is 12.4 Å². The van der Waals surface area contributed by atoms with Crippen LogP contribution in [0.25, 0.3) is 0 Å². The predicted molar refractivity (Wildman–Crippen MR) is 74.6 cm³/mol. The van der Waals surface area contributed by atoms with Crippen molar-refractivity contribution in [2.45, 2.75) is 26.7 Å². The van der Waals surface area contributed by atoms with Crippen LogP contribution in [0.3, 0.4) is 0 Å². The van der Waals surface area contributed by atoms with E-state index < -0.39 is 0 Å². The van der Waals surface area contributed by atoms with Crippen molar-refractivity contribution in [3.05, 3.63) is 28.7 Å². The number of amidine groups is 1. The Morgan fingerprint density at radius 1 is 1.35 bits per heavy atom. The fraction of sp³-hybridized carbons (Fsp3) is 0.462. The lowest BCUT2D eigenvalue weighted by Gasteiger charge is -2.22. The number of halogens is 1. The normalized spacial score (nSPS) is 11.2. The molecule has 0 amide bonds. The standard InChI is InChI=1S/C13H19BrN2O/c1-13(2,12(15)16)8-3-9-17-11-6-4-10(14)5-7-11/h4-7H,3,8-9H2,1-2H3,(H3,15,16). The van der Waals surface area contributed by atoms with Gasteiger partial charge in [0.25, 0.3) is 0 Å². The maximum absolute atomic E-state index is 7.45. The summed E-state index contributed by atoms with van der Waals surface area (Å²) < 4.78 is 6.65. The summed E-state index contributed by atoms with van der Waals surface area (Å²) in [6.07, 6.45) is 1.75. The van der Waals surface area contributed by atoms with Crippen molar-refractivity contribution in [1.82, 2.24) is 0 Å². The fourth-order valence-electron chi connectivity index (χ4n) is 1.37. The minimum absolute atomic E-state index is 0.233. The maximum atomic E-state index is 7.45. The summed E-state index contributed by atoms with van der Waals surface area (Å²) in [5.74, 6) is 1.11. The molecule has 0 unspecified atom stereocenters. The van der Waals surface area contributed by atoms with E-state index in [0.29, 0.717) is 6.61 Å². The summed E-state index contributed by atoms with van der Waals surface area (Å²) in [5.41, 5.74) is 5.28. The molecule has 0 aromatic heterocycles. The van der Waals surface area contributed by atoms with Gasteiger partial charge >= 0.3 is 0 Å². The quantitative estimate of drug-likeness (QED) is 0.479. The molecular weight excluding hydrogens is 280 g/mol. The molecule has 0 heterocycles. The highest BCUT2D eigenvalue weighted by Gasteiger charge is 2.20. The monoisotopic (exact) mass is 298 g/mol. The van der Waals surface area contributed by atoms with Gasteiger partial charge in [-0.15, -0.1) is 0 Å². The highest BCUT2D eigenvalue weighted by Crippen LogP contribution is 2.22. The van der Waals surface area contributed by atoms with E-state index in [1.54, 1.807) is 0 Å². The van der Waals surface area contributed by atoms with E-state index in [-0.39, 0.29) is 11.3 Å². The van der Waals surface area contributed by atoms with Crippen molar-refractivity contribution in [2.75, 3.05) is 6.61 Å². The van der Waals surface area contributed by atoms with E-state index in [2.05, 4.69) is 15.9 Å². The van der Waals surface area contributed by atoms with Crippen molar-refractivity contribution in [1.29, 1.82) is 5.41 Å². The maximum Gasteiger partial charge on any atom is 0.119 e. The molecule has 4 heteroatoms. The number of hydrogen-bond acceptors (Lipinski definition) is 2. The average Bonchev–Trinajstić information content (AvgIpc) is 2.26. The lowest BCUT2D eigenvalue weighted by atomic mass is 9.87. The summed E-state index contributed by atoms with van der Waals surface area (Å²) in [6.45, 7) is 4.61. The van der Waals surface area contributed by atoms with Crippen molar-refractivity contribution in [3.63, 3.8) is 0 Å². The molecule has 3 nitrogen and oxygen atoms in total. The second kappa shape index (κ2) is 6.05. The third-order valence-corrected chi connectivity index (χ3v) is 3.29. The first-order valence-electron chi connectivity index (χ1n) is 5.65. The number of benzene rings is 1. The Morgan fingerprint density at radius 2 is 1.94 bits per heavy atom. The second-order valence-electron chi connectivity index (χ2n) is 4.70. The first-order chi connectivity index (χ1) is 7.92. The molecule has 0 bridgehead atoms. The molecule has 94 valence electrons. The highest BCUT2D eigenvalue weighted by atomic mass is 79.9. The largest absolute Gasteiger partial charge is 0.494 e. The fourth-order valence-corrected chi connectivity index (χ4v) is 1.63. The Labute approximate surface area is 111 Å². The zero-order valence-electron chi connectivity index (χ0n) is 10.3. The Morgan fingerprint density at radius 3 is 2.47 bits per heavy atom. The van der Waals surface area contributed by atoms with Gasteiger partial charge in [-0.1, -0.05) is 29.8 Å². The van der Waals surface area contributed by atoms with Crippen LogP contribution in [0, 0.1) is 10.8 Å². The number of rotatable bonds is 6. The van der Waals surface area contributed by atoms with Gasteiger partial charge < -0.3 is 10.5 Å². The molecule has 0 atom stereocenters. The Bertz CT molecular complexity index is 374. The van der Waals surface area contributed by atoms with Crippen LogP contribution in [-0.2, 0) is 0 Å². The molecule has 0 spiro atoms. The van der Waals surface area contributed by atoms with Crippen LogP contribution in [-0.4, -0.2) is 12.4 Å². The summed E-state index contributed by atoms with van der Waals surface area (Å²) in [4.78, 5) is 0. The molecular formula is C13H19BrN2O. The van der Waals surface area contributed by atoms with Crippen LogP contribution in [0.15, 0.2) is 28.7 Å². The van der Waals surface area contributed by atoms with E-state index >= 15 is 0 Å². The van der Waals surface area contributed by atoms with E-state index in [4.69, 9.17) is 15.9 Å². The lowest BCUT2D eigenvalue weighted by molar-refractivity contribution is 0.287. The molecule has 17 heavy (non-hydrogen) atoms. The molecule has 0 aliphatic heterocycles. The summed E-state index contributed by atoms with van der Waals surface area (Å²) in [5, 5.41) is 7.45. The third kappa shape index (κ3) is 4.77. The Kier molecular flexibility index (Phi) is 5.00. The van der Waals surface area contributed by atoms with E-state index in [9.17, 15) is 0 Å². The Balaban J connectivity index is 2.29. The first kappa shape index (κ1) is 14.0. The number of nitrogens with two attached hydrogens (primary N) is 1. The molecule has 1 aromatic rings. The van der Waals surface area contributed by atoms with Crippen molar-refractivity contribution in [2.24, 2.45) is 11.1 Å². The van der Waals surface area contributed by atoms with Crippen LogP contribution in [0.1, 0.15) is 26.7 Å². The molecule has 3 N–H and O–H groups in total. The number of ether oxygens (including phenoxy) is 1. The van der Waals surface area contributed by atoms with Gasteiger partial charge in [0.1, 0.15) is 5.75 Å². The van der Waals surface area contributed by atoms with Crippen molar-refractivity contribution >= 4 is 21.8 Å². The molecule has 0 aliphatic rings. The van der Waals surface area contributed by atoms with Gasteiger partial charge in [-0.2, -0.15) is 0 Å². The predicted octanol–water partition coefficient (Wildman–Crippen LogP) is 3.57. The van der Waals surface area contributed by atoms with Gasteiger partial charge in [0.2, 0.25) is 0 Å². The summed E-state index contributed by atoms with van der Waals surface area (Å²) in [7, 11) is 0. The molecule has 0 radical (unpaired) electrons. The van der Waals surface area contributed by atoms with Crippen LogP contribution in [0.2, 0.25) is 0 Å². The molecule has 1 aromatic carbocycles. The van der Waals surface area contributed by atoms with E-state index in [1.807, 2.05) is 38.1 Å². The minimum Gasteiger partial charge on any atom is -0.494 e. The van der Waals surface area contributed by atoms with Crippen LogP contribution < -0.4 is 10.5 Å². The summed E-state index contributed by atoms with van der Waals surface area (Å²) in [6, 6.07) is 7.77. The number of nitrogens with one attached hydrogen (secondary N) is 1. The van der Waals surface area contributed by atoms with Crippen LogP contribution >= 0.6 is 15.9 Å². The van der Waals surface area contributed by atoms with E-state index in [1.165, 1.54) is 0 Å². The number of hydrogen-bond donors (Lipinski definition) is 2. The van der Waals surface area contributed by atoms with Crippen molar-refractivity contribution < 1.29 is 4.74 Å². The topological polar surface area (TPSA) is 59.1 Å². The van der Waals surface area contributed by atoms with Gasteiger partial charge in [-0.25, -0.2) is 0 Å². The van der Waals surface area contributed by atoms with Crippen LogP contribution in [0.4, 0.5) is 0 Å².